The third-order valence-electron chi connectivity index (χ3n) is 3.63. The van der Waals surface area contributed by atoms with E-state index in [1.54, 1.807) is 20.8 Å². The second-order valence-electron chi connectivity index (χ2n) is 7.08. The molecule has 13 heteroatoms. The minimum Gasteiger partial charge on any atom is -0.495 e. The second kappa shape index (κ2) is 7.21. The van der Waals surface area contributed by atoms with Gasteiger partial charge in [-0.3, -0.25) is 9.36 Å². The van der Waals surface area contributed by atoms with Crippen molar-refractivity contribution in [2.75, 3.05) is 7.11 Å². The van der Waals surface area contributed by atoms with E-state index in [2.05, 4.69) is 10.4 Å². The van der Waals surface area contributed by atoms with Gasteiger partial charge in [0.15, 0.2) is 0 Å². The van der Waals surface area contributed by atoms with E-state index in [4.69, 9.17) is 4.74 Å². The maximum absolute atomic E-state index is 13.0. The number of alkyl halides is 3. The normalized spacial score (nSPS) is 12.7. The Morgan fingerprint density at radius 2 is 1.79 bits per heavy atom. The van der Waals surface area contributed by atoms with Gasteiger partial charge in [-0.05, 0) is 39.0 Å². The average molecular weight is 436 g/mol. The third kappa shape index (κ3) is 4.44. The van der Waals surface area contributed by atoms with E-state index in [0.29, 0.717) is 0 Å². The van der Waals surface area contributed by atoms with Crippen LogP contribution in [0.2, 0.25) is 0 Å². The molecule has 0 saturated heterocycles. The van der Waals surface area contributed by atoms with Crippen LogP contribution in [0.25, 0.3) is 0 Å². The Balaban J connectivity index is 2.60. The zero-order chi connectivity index (χ0) is 22.4. The lowest BCUT2D eigenvalue weighted by molar-refractivity contribution is -0.147. The van der Waals surface area contributed by atoms with Gasteiger partial charge in [-0.2, -0.15) is 21.6 Å². The second-order valence-corrected chi connectivity index (χ2v) is 8.82. The summed E-state index contributed by atoms with van der Waals surface area (Å²) in [7, 11) is -2.97. The quantitative estimate of drug-likeness (QED) is 0.775. The number of rotatable bonds is 4. The summed E-state index contributed by atoms with van der Waals surface area (Å²) in [6.45, 7) is 5.23. The molecular weight excluding hydrogens is 417 g/mol. The Morgan fingerprint density at radius 1 is 1.21 bits per heavy atom. The monoisotopic (exact) mass is 436 g/mol. The third-order valence-corrected chi connectivity index (χ3v) is 5.21. The van der Waals surface area contributed by atoms with Gasteiger partial charge in [-0.15, -0.1) is 5.10 Å². The van der Waals surface area contributed by atoms with E-state index in [9.17, 15) is 31.2 Å². The van der Waals surface area contributed by atoms with E-state index < -0.39 is 44.1 Å². The molecule has 9 nitrogen and oxygen atoms in total. The van der Waals surface area contributed by atoms with Gasteiger partial charge in [0.25, 0.3) is 15.9 Å². The lowest BCUT2D eigenvalue weighted by atomic mass is 10.1. The smallest absolute Gasteiger partial charge is 0.451 e. The van der Waals surface area contributed by atoms with E-state index in [-0.39, 0.29) is 20.0 Å². The predicted octanol–water partition coefficient (Wildman–Crippen LogP) is 1.37. The number of hydrogen-bond acceptors (Lipinski definition) is 6. The molecule has 160 valence electrons. The number of nitrogens with zero attached hydrogens (tertiary/aromatic N) is 3. The number of nitrogens with one attached hydrogen (secondary N) is 1. The highest BCUT2D eigenvalue weighted by molar-refractivity contribution is 7.90. The Kier molecular flexibility index (Phi) is 5.58. The van der Waals surface area contributed by atoms with Crippen LogP contribution >= 0.6 is 0 Å². The molecule has 0 bridgehead atoms. The topological polar surface area (TPSA) is 112 Å². The van der Waals surface area contributed by atoms with Gasteiger partial charge >= 0.3 is 11.9 Å². The molecule has 1 aromatic heterocycles. The van der Waals surface area contributed by atoms with Crippen LogP contribution in [0.1, 0.15) is 37.0 Å². The lowest BCUT2D eigenvalue weighted by Gasteiger charge is -2.20. The highest BCUT2D eigenvalue weighted by Gasteiger charge is 2.40. The Hall–Kier alpha value is -2.83. The summed E-state index contributed by atoms with van der Waals surface area (Å²) in [5.41, 5.74) is -2.02. The molecule has 0 spiro atoms. The first-order valence-electron chi connectivity index (χ1n) is 8.09. The summed E-state index contributed by atoms with van der Waals surface area (Å²) in [5, 5.41) is 5.60. The number of halogens is 3. The first-order valence-corrected chi connectivity index (χ1v) is 9.53. The maximum atomic E-state index is 13.0. The standard InChI is InChI=1S/C16H19F3N4O5S/c1-15(2,3)20-12(24)9-6-7-11(10(8-9)28-5)29(26,27)23-14(25)22(4)13(21-23)16(17,18)19/h6-8H,1-5H3,(H,20,24). The molecular formula is C16H19F3N4O5S. The minimum absolute atomic E-state index is 0.0556. The van der Waals surface area contributed by atoms with Crippen molar-refractivity contribution in [1.29, 1.82) is 0 Å². The van der Waals surface area contributed by atoms with E-state index in [1.165, 1.54) is 0 Å². The van der Waals surface area contributed by atoms with Crippen molar-refractivity contribution in [3.8, 4) is 5.75 Å². The largest absolute Gasteiger partial charge is 0.495 e. The molecule has 0 saturated carbocycles. The van der Waals surface area contributed by atoms with Gasteiger partial charge in [0, 0.05) is 18.2 Å². The van der Waals surface area contributed by atoms with E-state index in [1.807, 2.05) is 0 Å². The van der Waals surface area contributed by atoms with Crippen LogP contribution in [0.15, 0.2) is 27.9 Å². The molecule has 29 heavy (non-hydrogen) atoms. The van der Waals surface area contributed by atoms with Gasteiger partial charge in [0.1, 0.15) is 10.6 Å². The Bertz CT molecular complexity index is 1110. The highest BCUT2D eigenvalue weighted by atomic mass is 32.2. The summed E-state index contributed by atoms with van der Waals surface area (Å²) >= 11 is 0. The van der Waals surface area contributed by atoms with Crippen LogP contribution in [-0.2, 0) is 23.2 Å². The summed E-state index contributed by atoms with van der Waals surface area (Å²) < 4.78 is 69.2. The van der Waals surface area contributed by atoms with Crippen molar-refractivity contribution >= 4 is 15.9 Å². The Morgan fingerprint density at radius 3 is 2.24 bits per heavy atom. The predicted molar refractivity (Wildman–Crippen MR) is 95.3 cm³/mol. The minimum atomic E-state index is -5.03. The number of benzene rings is 1. The Labute approximate surface area is 164 Å². The molecule has 0 fully saturated rings. The number of hydrogen-bond donors (Lipinski definition) is 1. The van der Waals surface area contributed by atoms with Crippen LogP contribution in [0.5, 0.6) is 5.75 Å². The maximum Gasteiger partial charge on any atom is 0.451 e. The van der Waals surface area contributed by atoms with Gasteiger partial charge in [0.2, 0.25) is 5.82 Å². The average Bonchev–Trinajstić information content (AvgIpc) is 2.89. The number of carbonyl (C=O) groups is 1. The van der Waals surface area contributed by atoms with Gasteiger partial charge in [-0.1, -0.05) is 4.09 Å². The van der Waals surface area contributed by atoms with E-state index in [0.717, 1.165) is 32.4 Å². The van der Waals surface area contributed by atoms with Crippen LogP contribution in [0, 0.1) is 0 Å². The molecule has 1 aromatic carbocycles. The molecule has 2 rings (SSSR count). The van der Waals surface area contributed by atoms with Crippen LogP contribution in [-0.4, -0.2) is 40.7 Å². The zero-order valence-electron chi connectivity index (χ0n) is 16.2. The van der Waals surface area contributed by atoms with Gasteiger partial charge in [0.05, 0.1) is 7.11 Å². The SMILES string of the molecule is COc1cc(C(=O)NC(C)(C)C)ccc1S(=O)(=O)n1nc(C(F)(F)F)n(C)c1=O. The molecule has 0 atom stereocenters. The van der Waals surface area contributed by atoms with Crippen molar-refractivity contribution < 1.29 is 31.1 Å². The molecule has 2 aromatic rings. The number of aromatic nitrogens is 3. The number of amides is 1. The van der Waals surface area contributed by atoms with Crippen molar-refractivity contribution in [1.82, 2.24) is 19.1 Å². The number of ether oxygens (including phenoxy) is 1. The fraction of sp³-hybridized carbons (Fsp3) is 0.438. The molecule has 1 N–H and O–H groups in total. The molecule has 1 heterocycles. The lowest BCUT2D eigenvalue weighted by Crippen LogP contribution is -2.40. The van der Waals surface area contributed by atoms with Crippen molar-refractivity contribution in [2.45, 2.75) is 37.4 Å². The first-order chi connectivity index (χ1) is 13.1. The molecule has 0 aliphatic heterocycles. The molecule has 1 amide bonds. The highest BCUT2D eigenvalue weighted by Crippen LogP contribution is 2.29. The molecule has 0 aliphatic rings. The summed E-state index contributed by atoms with van der Waals surface area (Å²) in [4.78, 5) is 23.7. The van der Waals surface area contributed by atoms with Crippen LogP contribution in [0.3, 0.4) is 0 Å². The van der Waals surface area contributed by atoms with Gasteiger partial charge in [-0.25, -0.2) is 4.79 Å². The summed E-state index contributed by atoms with van der Waals surface area (Å²) in [6.07, 6.45) is -5.03. The van der Waals surface area contributed by atoms with Crippen molar-refractivity contribution in [2.24, 2.45) is 7.05 Å². The number of methoxy groups -OCH3 is 1. The summed E-state index contributed by atoms with van der Waals surface area (Å²) in [5.74, 6) is -2.53. The molecule has 0 unspecified atom stereocenters. The van der Waals surface area contributed by atoms with Crippen molar-refractivity contribution in [3.63, 3.8) is 0 Å². The summed E-state index contributed by atoms with van der Waals surface area (Å²) in [6, 6.07) is 3.21. The van der Waals surface area contributed by atoms with Gasteiger partial charge < -0.3 is 10.1 Å². The van der Waals surface area contributed by atoms with Crippen LogP contribution in [0.4, 0.5) is 13.2 Å². The van der Waals surface area contributed by atoms with Crippen molar-refractivity contribution in [3.05, 3.63) is 40.1 Å². The zero-order valence-corrected chi connectivity index (χ0v) is 17.0. The van der Waals surface area contributed by atoms with E-state index >= 15 is 0 Å². The number of carbonyl (C=O) groups excluding carboxylic acids is 1. The fourth-order valence-electron chi connectivity index (χ4n) is 2.35. The molecule has 0 aliphatic carbocycles. The first kappa shape index (κ1) is 22.5. The fourth-order valence-corrected chi connectivity index (χ4v) is 3.68. The molecule has 0 radical (unpaired) electrons. The van der Waals surface area contributed by atoms with Crippen LogP contribution < -0.4 is 15.7 Å².